The Bertz CT molecular complexity index is 273. The first-order chi connectivity index (χ1) is 5.91. The predicted molar refractivity (Wildman–Crippen MR) is 50.1 cm³/mol. The van der Waals surface area contributed by atoms with Crippen molar-refractivity contribution in [2.75, 3.05) is 19.3 Å². The van der Waals surface area contributed by atoms with E-state index in [1.54, 1.807) is 0 Å². The van der Waals surface area contributed by atoms with Crippen molar-refractivity contribution < 1.29 is 13.6 Å². The van der Waals surface area contributed by atoms with Gasteiger partial charge in [0.15, 0.2) is 5.84 Å². The van der Waals surface area contributed by atoms with E-state index in [1.165, 1.54) is 0 Å². The van der Waals surface area contributed by atoms with Crippen molar-refractivity contribution in [3.05, 3.63) is 0 Å². The molecule has 0 aromatic heterocycles. The van der Waals surface area contributed by atoms with Crippen LogP contribution < -0.4 is 5.73 Å². The smallest absolute Gasteiger partial charge is 0.211 e. The van der Waals surface area contributed by atoms with Gasteiger partial charge in [0, 0.05) is 6.54 Å². The third-order valence-corrected chi connectivity index (χ3v) is 2.66. The van der Waals surface area contributed by atoms with Gasteiger partial charge in [-0.1, -0.05) is 12.1 Å². The Kier molecular flexibility index (Phi) is 4.71. The highest BCUT2D eigenvalue weighted by Crippen LogP contribution is 1.98. The summed E-state index contributed by atoms with van der Waals surface area (Å²) >= 11 is 0. The van der Waals surface area contributed by atoms with E-state index in [2.05, 4.69) is 5.16 Å². The maximum Gasteiger partial charge on any atom is 0.211 e. The van der Waals surface area contributed by atoms with Crippen molar-refractivity contribution in [1.82, 2.24) is 4.31 Å². The van der Waals surface area contributed by atoms with Crippen LogP contribution in [0.4, 0.5) is 0 Å². The molecule has 0 amide bonds. The number of amidine groups is 1. The van der Waals surface area contributed by atoms with Gasteiger partial charge in [-0.25, -0.2) is 8.42 Å². The van der Waals surface area contributed by atoms with Crippen molar-refractivity contribution in [3.63, 3.8) is 0 Å². The van der Waals surface area contributed by atoms with Crippen LogP contribution in [0.1, 0.15) is 13.3 Å². The number of hydrogen-bond acceptors (Lipinski definition) is 4. The van der Waals surface area contributed by atoms with E-state index in [9.17, 15) is 8.42 Å². The van der Waals surface area contributed by atoms with Crippen LogP contribution in [0, 0.1) is 0 Å². The number of nitrogens with two attached hydrogens (primary N) is 1. The molecule has 7 heteroatoms. The van der Waals surface area contributed by atoms with E-state index >= 15 is 0 Å². The first kappa shape index (κ1) is 12.2. The van der Waals surface area contributed by atoms with Crippen molar-refractivity contribution in [2.45, 2.75) is 13.3 Å². The third-order valence-electron chi connectivity index (χ3n) is 1.41. The molecule has 0 aliphatic heterocycles. The van der Waals surface area contributed by atoms with Crippen LogP contribution in [0.2, 0.25) is 0 Å². The molecule has 0 heterocycles. The van der Waals surface area contributed by atoms with E-state index in [-0.39, 0.29) is 12.4 Å². The molecule has 0 aromatic rings. The summed E-state index contributed by atoms with van der Waals surface area (Å²) in [6.07, 6.45) is 1.78. The van der Waals surface area contributed by atoms with Crippen molar-refractivity contribution in [2.24, 2.45) is 10.9 Å². The lowest BCUT2D eigenvalue weighted by molar-refractivity contribution is 0.314. The highest BCUT2D eigenvalue weighted by atomic mass is 32.2. The lowest BCUT2D eigenvalue weighted by Gasteiger charge is -2.17. The second-order valence-corrected chi connectivity index (χ2v) is 4.67. The Morgan fingerprint density at radius 3 is 2.46 bits per heavy atom. The first-order valence-electron chi connectivity index (χ1n) is 3.83. The Labute approximate surface area is 78.1 Å². The molecule has 0 fully saturated rings. The van der Waals surface area contributed by atoms with Crippen LogP contribution >= 0.6 is 0 Å². The summed E-state index contributed by atoms with van der Waals surface area (Å²) in [5.41, 5.74) is 5.19. The monoisotopic (exact) mass is 209 g/mol. The molecule has 0 rings (SSSR count). The van der Waals surface area contributed by atoms with Crippen LogP contribution in [0.25, 0.3) is 0 Å². The minimum atomic E-state index is -3.27. The second kappa shape index (κ2) is 5.03. The molecule has 0 unspecified atom stereocenters. The Morgan fingerprint density at radius 1 is 1.62 bits per heavy atom. The summed E-state index contributed by atoms with van der Waals surface area (Å²) in [6, 6.07) is 0. The van der Waals surface area contributed by atoms with E-state index in [4.69, 9.17) is 10.9 Å². The molecular formula is C6H15N3O3S. The summed E-state index contributed by atoms with van der Waals surface area (Å²) in [6.45, 7) is 2.16. The molecule has 0 saturated carbocycles. The summed E-state index contributed by atoms with van der Waals surface area (Å²) in [4.78, 5) is 0. The van der Waals surface area contributed by atoms with E-state index in [0.29, 0.717) is 13.0 Å². The van der Waals surface area contributed by atoms with Crippen LogP contribution in [-0.4, -0.2) is 43.1 Å². The molecule has 6 nitrogen and oxygen atoms in total. The van der Waals surface area contributed by atoms with Gasteiger partial charge in [0.05, 0.1) is 12.8 Å². The topological polar surface area (TPSA) is 96.0 Å². The molecule has 0 saturated heterocycles. The highest BCUT2D eigenvalue weighted by Gasteiger charge is 2.16. The summed E-state index contributed by atoms with van der Waals surface area (Å²) < 4.78 is 23.4. The van der Waals surface area contributed by atoms with Crippen LogP contribution in [0.15, 0.2) is 5.16 Å². The number of nitrogens with zero attached hydrogens (tertiary/aromatic N) is 2. The van der Waals surface area contributed by atoms with Gasteiger partial charge >= 0.3 is 0 Å². The van der Waals surface area contributed by atoms with Gasteiger partial charge in [-0.2, -0.15) is 4.31 Å². The lowest BCUT2D eigenvalue weighted by Crippen LogP contribution is -2.38. The molecule has 0 atom stereocenters. The molecule has 13 heavy (non-hydrogen) atoms. The molecule has 0 bridgehead atoms. The van der Waals surface area contributed by atoms with Crippen molar-refractivity contribution in [3.8, 4) is 0 Å². The highest BCUT2D eigenvalue weighted by molar-refractivity contribution is 7.88. The molecule has 3 N–H and O–H groups in total. The Hall–Kier alpha value is -0.820. The fraction of sp³-hybridized carbons (Fsp3) is 0.833. The summed E-state index contributed by atoms with van der Waals surface area (Å²) in [7, 11) is -3.27. The average molecular weight is 209 g/mol. The number of hydrogen-bond donors (Lipinski definition) is 2. The van der Waals surface area contributed by atoms with Crippen molar-refractivity contribution in [1.29, 1.82) is 0 Å². The van der Waals surface area contributed by atoms with Gasteiger partial charge in [-0.3, -0.25) is 0 Å². The fourth-order valence-electron chi connectivity index (χ4n) is 0.824. The Morgan fingerprint density at radius 2 is 2.15 bits per heavy atom. The normalized spacial score (nSPS) is 13.6. The molecule has 78 valence electrons. The fourth-order valence-corrected chi connectivity index (χ4v) is 1.70. The first-order valence-corrected chi connectivity index (χ1v) is 5.68. The van der Waals surface area contributed by atoms with Gasteiger partial charge in [0.25, 0.3) is 0 Å². The largest absolute Gasteiger partial charge is 0.409 e. The quantitative estimate of drug-likeness (QED) is 0.273. The average Bonchev–Trinajstić information content (AvgIpc) is 2.01. The number of oxime groups is 1. The molecule has 0 aromatic carbocycles. The molecule has 0 aliphatic rings. The number of rotatable bonds is 5. The Balaban J connectivity index is 4.45. The van der Waals surface area contributed by atoms with Crippen LogP contribution in [0.3, 0.4) is 0 Å². The predicted octanol–water partition coefficient (Wildman–Crippen LogP) is -0.596. The molecule has 0 spiro atoms. The van der Waals surface area contributed by atoms with Gasteiger partial charge < -0.3 is 10.9 Å². The van der Waals surface area contributed by atoms with Gasteiger partial charge in [-0.15, -0.1) is 0 Å². The van der Waals surface area contributed by atoms with Crippen molar-refractivity contribution >= 4 is 15.9 Å². The second-order valence-electron chi connectivity index (χ2n) is 2.69. The summed E-state index contributed by atoms with van der Waals surface area (Å²) in [5, 5.41) is 11.0. The minimum absolute atomic E-state index is 0.0663. The van der Waals surface area contributed by atoms with Crippen LogP contribution in [0.5, 0.6) is 0 Å². The molecule has 0 radical (unpaired) electrons. The summed E-state index contributed by atoms with van der Waals surface area (Å²) in [5.74, 6) is -0.112. The van der Waals surface area contributed by atoms with E-state index in [0.717, 1.165) is 10.6 Å². The number of sulfonamides is 1. The third kappa shape index (κ3) is 4.69. The van der Waals surface area contributed by atoms with Gasteiger partial charge in [-0.05, 0) is 6.42 Å². The van der Waals surface area contributed by atoms with Gasteiger partial charge in [0.1, 0.15) is 0 Å². The van der Waals surface area contributed by atoms with E-state index in [1.807, 2.05) is 6.92 Å². The zero-order valence-corrected chi connectivity index (χ0v) is 8.58. The molecular weight excluding hydrogens is 194 g/mol. The van der Waals surface area contributed by atoms with Gasteiger partial charge in [0.2, 0.25) is 10.0 Å². The lowest BCUT2D eigenvalue weighted by atomic mass is 10.4. The SMILES string of the molecule is CCCN(CC(N)=NO)S(C)(=O)=O. The van der Waals surface area contributed by atoms with E-state index < -0.39 is 10.0 Å². The standard InChI is InChI=1S/C6H15N3O3S/c1-3-4-9(13(2,11)12)5-6(7)8-10/h10H,3-5H2,1-2H3,(H2,7,8). The van der Waals surface area contributed by atoms with Crippen LogP contribution in [-0.2, 0) is 10.0 Å². The zero-order chi connectivity index (χ0) is 10.5. The molecule has 0 aliphatic carbocycles. The minimum Gasteiger partial charge on any atom is -0.409 e. The maximum absolute atomic E-state index is 11.1. The zero-order valence-electron chi connectivity index (χ0n) is 7.77. The maximum atomic E-state index is 11.1.